The minimum atomic E-state index is -0.277. The highest BCUT2D eigenvalue weighted by Gasteiger charge is 2.26. The molecule has 1 aromatic carbocycles. The highest BCUT2D eigenvalue weighted by molar-refractivity contribution is 5.34. The SMILES string of the molecule is C=C(CCCC)C(C)(C)c1ccccc1F. The van der Waals surface area contributed by atoms with Crippen LogP contribution in [-0.4, -0.2) is 0 Å². The molecule has 0 aliphatic heterocycles. The summed E-state index contributed by atoms with van der Waals surface area (Å²) in [4.78, 5) is 0. The molecule has 88 valence electrons. The van der Waals surface area contributed by atoms with Crippen LogP contribution in [0, 0.1) is 5.82 Å². The topological polar surface area (TPSA) is 0 Å². The van der Waals surface area contributed by atoms with Crippen LogP contribution in [0.3, 0.4) is 0 Å². The molecule has 0 aliphatic carbocycles. The van der Waals surface area contributed by atoms with Gasteiger partial charge in [0.15, 0.2) is 0 Å². The van der Waals surface area contributed by atoms with Gasteiger partial charge in [-0.25, -0.2) is 4.39 Å². The number of halogens is 1. The largest absolute Gasteiger partial charge is 0.207 e. The zero-order valence-electron chi connectivity index (χ0n) is 10.5. The van der Waals surface area contributed by atoms with Crippen molar-refractivity contribution in [2.45, 2.75) is 45.4 Å². The number of hydrogen-bond acceptors (Lipinski definition) is 0. The van der Waals surface area contributed by atoms with Crippen molar-refractivity contribution >= 4 is 0 Å². The van der Waals surface area contributed by atoms with Crippen molar-refractivity contribution in [1.82, 2.24) is 0 Å². The third-order valence-corrected chi connectivity index (χ3v) is 3.26. The van der Waals surface area contributed by atoms with Crippen molar-refractivity contribution in [2.24, 2.45) is 0 Å². The van der Waals surface area contributed by atoms with E-state index in [4.69, 9.17) is 0 Å². The highest BCUT2D eigenvalue weighted by Crippen LogP contribution is 2.34. The lowest BCUT2D eigenvalue weighted by molar-refractivity contribution is 0.524. The predicted octanol–water partition coefficient (Wildman–Crippen LogP) is 4.85. The van der Waals surface area contributed by atoms with Crippen molar-refractivity contribution < 1.29 is 4.39 Å². The molecule has 16 heavy (non-hydrogen) atoms. The van der Waals surface area contributed by atoms with E-state index in [2.05, 4.69) is 13.5 Å². The van der Waals surface area contributed by atoms with Crippen LogP contribution in [-0.2, 0) is 5.41 Å². The van der Waals surface area contributed by atoms with E-state index in [1.54, 1.807) is 6.07 Å². The molecule has 0 radical (unpaired) electrons. The number of rotatable bonds is 5. The van der Waals surface area contributed by atoms with Gasteiger partial charge in [-0.05, 0) is 24.5 Å². The fourth-order valence-corrected chi connectivity index (χ4v) is 1.86. The number of allylic oxidation sites excluding steroid dienone is 1. The average molecular weight is 220 g/mol. The number of hydrogen-bond donors (Lipinski definition) is 0. The molecule has 0 amide bonds. The lowest BCUT2D eigenvalue weighted by atomic mass is 9.76. The maximum absolute atomic E-state index is 13.7. The van der Waals surface area contributed by atoms with E-state index in [1.807, 2.05) is 26.0 Å². The van der Waals surface area contributed by atoms with E-state index in [0.29, 0.717) is 0 Å². The molecule has 0 unspecified atom stereocenters. The Morgan fingerprint density at radius 1 is 1.31 bits per heavy atom. The standard InChI is InChI=1S/C15H21F/c1-5-6-9-12(2)15(3,4)13-10-7-8-11-14(13)16/h7-8,10-11H,2,5-6,9H2,1,3-4H3. The van der Waals surface area contributed by atoms with Crippen LogP contribution in [0.1, 0.15) is 45.6 Å². The molecule has 1 heteroatoms. The summed E-state index contributed by atoms with van der Waals surface area (Å²) in [6.45, 7) is 10.4. The summed E-state index contributed by atoms with van der Waals surface area (Å²) in [5.41, 5.74) is 1.58. The van der Waals surface area contributed by atoms with Crippen LogP contribution in [0.4, 0.5) is 4.39 Å². The summed E-state index contributed by atoms with van der Waals surface area (Å²) in [7, 11) is 0. The summed E-state index contributed by atoms with van der Waals surface area (Å²) < 4.78 is 13.7. The zero-order chi connectivity index (χ0) is 12.2. The lowest BCUT2D eigenvalue weighted by Gasteiger charge is -2.28. The Morgan fingerprint density at radius 3 is 2.50 bits per heavy atom. The predicted molar refractivity (Wildman–Crippen MR) is 68.1 cm³/mol. The van der Waals surface area contributed by atoms with Crippen molar-refractivity contribution in [3.8, 4) is 0 Å². The normalized spacial score (nSPS) is 11.5. The molecular formula is C15H21F. The Balaban J connectivity index is 2.93. The molecule has 0 spiro atoms. The zero-order valence-corrected chi connectivity index (χ0v) is 10.5. The van der Waals surface area contributed by atoms with Gasteiger partial charge in [0.2, 0.25) is 0 Å². The first-order valence-corrected chi connectivity index (χ1v) is 5.93. The van der Waals surface area contributed by atoms with E-state index >= 15 is 0 Å². The molecule has 0 fully saturated rings. The van der Waals surface area contributed by atoms with E-state index in [0.717, 1.165) is 30.4 Å². The van der Waals surface area contributed by atoms with E-state index < -0.39 is 0 Å². The summed E-state index contributed by atoms with van der Waals surface area (Å²) >= 11 is 0. The van der Waals surface area contributed by atoms with E-state index in [9.17, 15) is 4.39 Å². The summed E-state index contributed by atoms with van der Waals surface area (Å²) in [6, 6.07) is 6.98. The fourth-order valence-electron chi connectivity index (χ4n) is 1.86. The summed E-state index contributed by atoms with van der Waals surface area (Å²) in [5, 5.41) is 0. The fraction of sp³-hybridized carbons (Fsp3) is 0.467. The molecule has 0 aromatic heterocycles. The highest BCUT2D eigenvalue weighted by atomic mass is 19.1. The lowest BCUT2D eigenvalue weighted by Crippen LogP contribution is -2.21. The van der Waals surface area contributed by atoms with Crippen molar-refractivity contribution in [3.63, 3.8) is 0 Å². The monoisotopic (exact) mass is 220 g/mol. The molecule has 1 aromatic rings. The average Bonchev–Trinajstić information content (AvgIpc) is 2.26. The van der Waals surface area contributed by atoms with Gasteiger partial charge in [-0.2, -0.15) is 0 Å². The number of benzene rings is 1. The van der Waals surface area contributed by atoms with Gasteiger partial charge in [-0.3, -0.25) is 0 Å². The molecule has 0 bridgehead atoms. The van der Waals surface area contributed by atoms with Crippen LogP contribution in [0.5, 0.6) is 0 Å². The van der Waals surface area contributed by atoms with Crippen molar-refractivity contribution in [1.29, 1.82) is 0 Å². The Hall–Kier alpha value is -1.11. The summed E-state index contributed by atoms with van der Waals surface area (Å²) in [5.74, 6) is -0.134. The van der Waals surface area contributed by atoms with Crippen LogP contribution in [0.2, 0.25) is 0 Å². The third kappa shape index (κ3) is 2.72. The molecule has 0 saturated heterocycles. The van der Waals surface area contributed by atoms with Gasteiger partial charge in [0, 0.05) is 5.41 Å². The van der Waals surface area contributed by atoms with Gasteiger partial charge in [0.05, 0.1) is 0 Å². The second-order valence-electron chi connectivity index (χ2n) is 4.81. The minimum Gasteiger partial charge on any atom is -0.207 e. The Labute approximate surface area is 98.2 Å². The molecular weight excluding hydrogens is 199 g/mol. The molecule has 0 aliphatic rings. The van der Waals surface area contributed by atoms with Crippen LogP contribution < -0.4 is 0 Å². The first-order valence-electron chi connectivity index (χ1n) is 5.93. The second kappa shape index (κ2) is 5.29. The van der Waals surface area contributed by atoms with Crippen molar-refractivity contribution in [3.05, 3.63) is 47.8 Å². The summed E-state index contributed by atoms with van der Waals surface area (Å²) in [6.07, 6.45) is 3.24. The van der Waals surface area contributed by atoms with Gasteiger partial charge < -0.3 is 0 Å². The maximum atomic E-state index is 13.7. The van der Waals surface area contributed by atoms with Gasteiger partial charge in [0.1, 0.15) is 5.82 Å². The Kier molecular flexibility index (Phi) is 4.28. The minimum absolute atomic E-state index is 0.134. The maximum Gasteiger partial charge on any atom is 0.127 e. The smallest absolute Gasteiger partial charge is 0.127 e. The molecule has 0 atom stereocenters. The molecule has 0 N–H and O–H groups in total. The van der Waals surface area contributed by atoms with E-state index in [-0.39, 0.29) is 11.2 Å². The van der Waals surface area contributed by atoms with Crippen LogP contribution in [0.15, 0.2) is 36.4 Å². The van der Waals surface area contributed by atoms with Crippen molar-refractivity contribution in [2.75, 3.05) is 0 Å². The first-order chi connectivity index (χ1) is 7.50. The van der Waals surface area contributed by atoms with Crippen LogP contribution >= 0.6 is 0 Å². The van der Waals surface area contributed by atoms with Crippen LogP contribution in [0.25, 0.3) is 0 Å². The van der Waals surface area contributed by atoms with Gasteiger partial charge >= 0.3 is 0 Å². The quantitative estimate of drug-likeness (QED) is 0.622. The molecule has 0 nitrogen and oxygen atoms in total. The molecule has 0 saturated carbocycles. The molecule has 0 heterocycles. The Morgan fingerprint density at radius 2 is 1.94 bits per heavy atom. The van der Waals surface area contributed by atoms with E-state index in [1.165, 1.54) is 6.07 Å². The number of unbranched alkanes of at least 4 members (excludes halogenated alkanes) is 1. The van der Waals surface area contributed by atoms with Gasteiger partial charge in [-0.1, -0.05) is 57.5 Å². The third-order valence-electron chi connectivity index (χ3n) is 3.26. The van der Waals surface area contributed by atoms with Gasteiger partial charge in [-0.15, -0.1) is 0 Å². The van der Waals surface area contributed by atoms with Gasteiger partial charge in [0.25, 0.3) is 0 Å². The first kappa shape index (κ1) is 13.0. The Bertz CT molecular complexity index is 363. The second-order valence-corrected chi connectivity index (χ2v) is 4.81. The molecule has 1 rings (SSSR count).